The van der Waals surface area contributed by atoms with Crippen LogP contribution in [0.15, 0.2) is 65.8 Å². The van der Waals surface area contributed by atoms with Crippen LogP contribution in [0.4, 0.5) is 10.1 Å². The van der Waals surface area contributed by atoms with Gasteiger partial charge in [0.15, 0.2) is 0 Å². The quantitative estimate of drug-likeness (QED) is 0.635. The Morgan fingerprint density at radius 2 is 1.67 bits per heavy atom. The van der Waals surface area contributed by atoms with Crippen LogP contribution in [0.1, 0.15) is 5.56 Å². The van der Waals surface area contributed by atoms with Crippen molar-refractivity contribution in [2.24, 2.45) is 5.10 Å². The zero-order valence-corrected chi connectivity index (χ0v) is 9.75. The van der Waals surface area contributed by atoms with E-state index < -0.39 is 0 Å². The molecule has 18 heavy (non-hydrogen) atoms. The van der Waals surface area contributed by atoms with Gasteiger partial charge in [-0.1, -0.05) is 36.4 Å². The van der Waals surface area contributed by atoms with Crippen molar-refractivity contribution in [2.75, 3.05) is 5.43 Å². The first-order valence-corrected chi connectivity index (χ1v) is 5.61. The van der Waals surface area contributed by atoms with Gasteiger partial charge in [-0.15, -0.1) is 0 Å². The van der Waals surface area contributed by atoms with E-state index in [1.54, 1.807) is 18.3 Å². The molecule has 2 rings (SSSR count). The van der Waals surface area contributed by atoms with Gasteiger partial charge in [0.25, 0.3) is 0 Å². The van der Waals surface area contributed by atoms with Gasteiger partial charge in [-0.3, -0.25) is 5.43 Å². The van der Waals surface area contributed by atoms with Crippen LogP contribution in [0.5, 0.6) is 0 Å². The Hall–Kier alpha value is -2.42. The normalized spacial score (nSPS) is 11.2. The number of halogens is 1. The van der Waals surface area contributed by atoms with Gasteiger partial charge in [0.1, 0.15) is 5.82 Å². The highest BCUT2D eigenvalue weighted by molar-refractivity contribution is 5.78. The first-order valence-electron chi connectivity index (χ1n) is 5.61. The Morgan fingerprint density at radius 1 is 0.944 bits per heavy atom. The minimum absolute atomic E-state index is 0.256. The summed E-state index contributed by atoms with van der Waals surface area (Å²) >= 11 is 0. The highest BCUT2D eigenvalue weighted by Crippen LogP contribution is 2.07. The van der Waals surface area contributed by atoms with E-state index in [0.29, 0.717) is 0 Å². The summed E-state index contributed by atoms with van der Waals surface area (Å²) < 4.78 is 12.6. The lowest BCUT2D eigenvalue weighted by Crippen LogP contribution is -1.87. The van der Waals surface area contributed by atoms with Crippen molar-refractivity contribution in [3.63, 3.8) is 0 Å². The zero-order chi connectivity index (χ0) is 12.6. The molecule has 0 unspecified atom stereocenters. The fourth-order valence-electron chi connectivity index (χ4n) is 1.40. The monoisotopic (exact) mass is 240 g/mol. The Kier molecular flexibility index (Phi) is 4.25. The molecule has 0 bridgehead atoms. The molecule has 2 aromatic carbocycles. The standard InChI is InChI=1S/C15H13FN2/c16-14-8-10-15(11-9-14)18-17-12-4-7-13-5-2-1-3-6-13/h1-12,18H/b7-4+,17-12-. The summed E-state index contributed by atoms with van der Waals surface area (Å²) in [4.78, 5) is 0. The van der Waals surface area contributed by atoms with Gasteiger partial charge >= 0.3 is 0 Å². The maximum atomic E-state index is 12.6. The molecule has 0 spiro atoms. The lowest BCUT2D eigenvalue weighted by molar-refractivity contribution is 0.628. The SMILES string of the molecule is Fc1ccc(N/N=C\C=C\c2ccccc2)cc1. The molecule has 0 aliphatic heterocycles. The van der Waals surface area contributed by atoms with E-state index in [1.165, 1.54) is 12.1 Å². The molecule has 0 amide bonds. The van der Waals surface area contributed by atoms with Crippen LogP contribution in [-0.2, 0) is 0 Å². The van der Waals surface area contributed by atoms with Gasteiger partial charge in [-0.2, -0.15) is 5.10 Å². The molecule has 3 heteroatoms. The predicted octanol–water partition coefficient (Wildman–Crippen LogP) is 3.94. The van der Waals surface area contributed by atoms with Crippen molar-refractivity contribution in [2.45, 2.75) is 0 Å². The van der Waals surface area contributed by atoms with Gasteiger partial charge in [0.05, 0.1) is 5.69 Å². The van der Waals surface area contributed by atoms with Gasteiger partial charge < -0.3 is 0 Å². The number of hydrogen-bond donors (Lipinski definition) is 1. The molecule has 0 aliphatic rings. The van der Waals surface area contributed by atoms with Gasteiger partial charge in [0, 0.05) is 6.21 Å². The number of benzene rings is 2. The average molecular weight is 240 g/mol. The molecule has 90 valence electrons. The van der Waals surface area contributed by atoms with Crippen molar-refractivity contribution >= 4 is 18.0 Å². The van der Waals surface area contributed by atoms with Crippen molar-refractivity contribution in [3.8, 4) is 0 Å². The average Bonchev–Trinajstić information content (AvgIpc) is 2.42. The molecule has 0 saturated heterocycles. The maximum absolute atomic E-state index is 12.6. The molecule has 0 aromatic heterocycles. The van der Waals surface area contributed by atoms with Crippen LogP contribution in [0.2, 0.25) is 0 Å². The summed E-state index contributed by atoms with van der Waals surface area (Å²) in [7, 11) is 0. The van der Waals surface area contributed by atoms with E-state index in [4.69, 9.17) is 0 Å². The number of anilines is 1. The Morgan fingerprint density at radius 3 is 2.39 bits per heavy atom. The molecule has 2 nitrogen and oxygen atoms in total. The summed E-state index contributed by atoms with van der Waals surface area (Å²) in [6.45, 7) is 0. The number of nitrogens with one attached hydrogen (secondary N) is 1. The molecule has 0 aliphatic carbocycles. The molecule has 0 fully saturated rings. The molecule has 0 heterocycles. The van der Waals surface area contributed by atoms with E-state index in [9.17, 15) is 4.39 Å². The predicted molar refractivity (Wildman–Crippen MR) is 74.0 cm³/mol. The second-order valence-electron chi connectivity index (χ2n) is 3.67. The largest absolute Gasteiger partial charge is 0.279 e. The van der Waals surface area contributed by atoms with Gasteiger partial charge in [-0.25, -0.2) is 4.39 Å². The molecular formula is C15H13FN2. The van der Waals surface area contributed by atoms with Crippen molar-refractivity contribution < 1.29 is 4.39 Å². The minimum atomic E-state index is -0.256. The van der Waals surface area contributed by atoms with Crippen LogP contribution >= 0.6 is 0 Å². The van der Waals surface area contributed by atoms with Crippen molar-refractivity contribution in [1.29, 1.82) is 0 Å². The fourth-order valence-corrected chi connectivity index (χ4v) is 1.40. The number of nitrogens with zero attached hydrogens (tertiary/aromatic N) is 1. The first kappa shape index (κ1) is 12.0. The number of rotatable bonds is 4. The maximum Gasteiger partial charge on any atom is 0.123 e. The third kappa shape index (κ3) is 3.87. The molecule has 1 N–H and O–H groups in total. The summed E-state index contributed by atoms with van der Waals surface area (Å²) in [5.41, 5.74) is 4.68. The highest BCUT2D eigenvalue weighted by atomic mass is 19.1. The molecule has 0 atom stereocenters. The van der Waals surface area contributed by atoms with E-state index in [-0.39, 0.29) is 5.82 Å². The summed E-state index contributed by atoms with van der Waals surface area (Å²) in [5, 5.41) is 4.00. The van der Waals surface area contributed by atoms with E-state index in [1.807, 2.05) is 42.5 Å². The summed E-state index contributed by atoms with van der Waals surface area (Å²) in [5.74, 6) is -0.256. The topological polar surface area (TPSA) is 24.4 Å². The lowest BCUT2D eigenvalue weighted by Gasteiger charge is -1.97. The van der Waals surface area contributed by atoms with Crippen LogP contribution in [0.25, 0.3) is 6.08 Å². The van der Waals surface area contributed by atoms with Gasteiger partial charge in [-0.05, 0) is 35.9 Å². The van der Waals surface area contributed by atoms with Crippen LogP contribution in [0.3, 0.4) is 0 Å². The van der Waals surface area contributed by atoms with E-state index >= 15 is 0 Å². The van der Waals surface area contributed by atoms with Gasteiger partial charge in [0.2, 0.25) is 0 Å². The van der Waals surface area contributed by atoms with E-state index in [0.717, 1.165) is 11.3 Å². The highest BCUT2D eigenvalue weighted by Gasteiger charge is 1.89. The minimum Gasteiger partial charge on any atom is -0.279 e. The smallest absolute Gasteiger partial charge is 0.123 e. The number of allylic oxidation sites excluding steroid dienone is 1. The molecule has 0 saturated carbocycles. The second kappa shape index (κ2) is 6.35. The Labute approximate surface area is 105 Å². The van der Waals surface area contributed by atoms with Crippen molar-refractivity contribution in [3.05, 3.63) is 72.1 Å². The first-order chi connectivity index (χ1) is 8.84. The van der Waals surface area contributed by atoms with Crippen LogP contribution in [-0.4, -0.2) is 6.21 Å². The lowest BCUT2D eigenvalue weighted by atomic mass is 10.2. The second-order valence-corrected chi connectivity index (χ2v) is 3.67. The van der Waals surface area contributed by atoms with E-state index in [2.05, 4.69) is 10.5 Å². The Bertz CT molecular complexity index is 530. The summed E-state index contributed by atoms with van der Waals surface area (Å²) in [6, 6.07) is 16.0. The number of hydrazone groups is 1. The number of hydrogen-bond acceptors (Lipinski definition) is 2. The molecular weight excluding hydrogens is 227 g/mol. The molecule has 2 aromatic rings. The third-order valence-electron chi connectivity index (χ3n) is 2.29. The Balaban J connectivity index is 1.85. The van der Waals surface area contributed by atoms with Crippen LogP contribution < -0.4 is 5.43 Å². The third-order valence-corrected chi connectivity index (χ3v) is 2.29. The molecule has 0 radical (unpaired) electrons. The zero-order valence-electron chi connectivity index (χ0n) is 9.75. The fraction of sp³-hybridized carbons (Fsp3) is 0. The summed E-state index contributed by atoms with van der Waals surface area (Å²) in [6.07, 6.45) is 5.44. The van der Waals surface area contributed by atoms with Crippen molar-refractivity contribution in [1.82, 2.24) is 0 Å². The van der Waals surface area contributed by atoms with Crippen LogP contribution in [0, 0.1) is 5.82 Å².